The van der Waals surface area contributed by atoms with Gasteiger partial charge in [0.2, 0.25) is 0 Å². The van der Waals surface area contributed by atoms with Gasteiger partial charge in [0.15, 0.2) is 0 Å². The molecule has 0 aromatic heterocycles. The summed E-state index contributed by atoms with van der Waals surface area (Å²) < 4.78 is 19.1. The van der Waals surface area contributed by atoms with Crippen LogP contribution in [0, 0.1) is 12.7 Å². The number of rotatable bonds is 7. The van der Waals surface area contributed by atoms with Gasteiger partial charge in [0.25, 0.3) is 11.7 Å². The van der Waals surface area contributed by atoms with Crippen molar-refractivity contribution in [1.29, 1.82) is 0 Å². The molecule has 2 aromatic carbocycles. The number of aliphatic hydroxyl groups excluding tert-OH is 1. The fourth-order valence-corrected chi connectivity index (χ4v) is 3.67. The summed E-state index contributed by atoms with van der Waals surface area (Å²) in [5, 5.41) is 11.0. The van der Waals surface area contributed by atoms with Gasteiger partial charge in [-0.2, -0.15) is 0 Å². The molecule has 0 saturated carbocycles. The molecular weight excluding hydrogens is 385 g/mol. The lowest BCUT2D eigenvalue weighted by atomic mass is 9.94. The number of halogens is 1. The molecule has 0 radical (unpaired) electrons. The Morgan fingerprint density at radius 2 is 1.80 bits per heavy atom. The number of carbonyl (C=O) groups excluding carboxylic acids is 2. The van der Waals surface area contributed by atoms with Crippen molar-refractivity contribution in [3.05, 3.63) is 70.5 Å². The molecule has 1 atom stereocenters. The van der Waals surface area contributed by atoms with E-state index in [0.717, 1.165) is 12.0 Å². The number of ether oxygens (including phenoxy) is 1. The minimum Gasteiger partial charge on any atom is -0.507 e. The molecular formula is C24H26FNO4. The molecule has 1 amide bonds. The first-order valence-corrected chi connectivity index (χ1v) is 10.2. The number of benzene rings is 2. The molecule has 1 fully saturated rings. The second kappa shape index (κ2) is 9.11. The molecule has 1 aliphatic heterocycles. The Kier molecular flexibility index (Phi) is 6.55. The molecule has 3 rings (SSSR count). The third-order valence-corrected chi connectivity index (χ3v) is 5.10. The molecule has 30 heavy (non-hydrogen) atoms. The van der Waals surface area contributed by atoms with Gasteiger partial charge in [-0.05, 0) is 61.2 Å². The van der Waals surface area contributed by atoms with E-state index in [9.17, 15) is 19.1 Å². The van der Waals surface area contributed by atoms with E-state index in [2.05, 4.69) is 0 Å². The van der Waals surface area contributed by atoms with E-state index in [1.54, 1.807) is 18.2 Å². The number of nitrogens with zero attached hydrogens (tertiary/aromatic N) is 1. The predicted octanol–water partition coefficient (Wildman–Crippen LogP) is 4.75. The maximum absolute atomic E-state index is 13.4. The zero-order chi connectivity index (χ0) is 21.8. The topological polar surface area (TPSA) is 66.8 Å². The van der Waals surface area contributed by atoms with E-state index in [1.807, 2.05) is 20.8 Å². The average Bonchev–Trinajstić information content (AvgIpc) is 2.98. The Morgan fingerprint density at radius 3 is 2.40 bits per heavy atom. The zero-order valence-electron chi connectivity index (χ0n) is 17.4. The predicted molar refractivity (Wildman–Crippen MR) is 113 cm³/mol. The summed E-state index contributed by atoms with van der Waals surface area (Å²) in [5.74, 6) is -1.35. The smallest absolute Gasteiger partial charge is 0.295 e. The highest BCUT2D eigenvalue weighted by atomic mass is 19.1. The molecule has 1 N–H and O–H groups in total. The zero-order valence-corrected chi connectivity index (χ0v) is 17.4. The number of aliphatic hydroxyl groups is 1. The first kappa shape index (κ1) is 21.6. The van der Waals surface area contributed by atoms with Gasteiger partial charge in [0.1, 0.15) is 17.3 Å². The third-order valence-electron chi connectivity index (χ3n) is 5.10. The summed E-state index contributed by atoms with van der Waals surface area (Å²) >= 11 is 0. The van der Waals surface area contributed by atoms with Gasteiger partial charge in [0.05, 0.1) is 18.2 Å². The minimum absolute atomic E-state index is 0.0154. The lowest BCUT2D eigenvalue weighted by Crippen LogP contribution is -2.30. The third kappa shape index (κ3) is 4.08. The lowest BCUT2D eigenvalue weighted by Gasteiger charge is -2.25. The van der Waals surface area contributed by atoms with Crippen molar-refractivity contribution in [1.82, 2.24) is 4.90 Å². The largest absolute Gasteiger partial charge is 0.507 e. The molecule has 0 bridgehead atoms. The van der Waals surface area contributed by atoms with E-state index in [4.69, 9.17) is 4.74 Å². The van der Waals surface area contributed by atoms with Gasteiger partial charge in [-0.15, -0.1) is 0 Å². The Bertz CT molecular complexity index is 981. The van der Waals surface area contributed by atoms with Gasteiger partial charge in [-0.1, -0.05) is 26.0 Å². The number of aryl methyl sites for hydroxylation is 1. The van der Waals surface area contributed by atoms with Crippen molar-refractivity contribution >= 4 is 17.4 Å². The summed E-state index contributed by atoms with van der Waals surface area (Å²) in [7, 11) is 0. The highest BCUT2D eigenvalue weighted by Crippen LogP contribution is 2.39. The highest BCUT2D eigenvalue weighted by molar-refractivity contribution is 6.46. The van der Waals surface area contributed by atoms with Gasteiger partial charge >= 0.3 is 0 Å². The lowest BCUT2D eigenvalue weighted by molar-refractivity contribution is -0.139. The van der Waals surface area contributed by atoms with E-state index in [0.29, 0.717) is 36.4 Å². The molecule has 5 nitrogen and oxygen atoms in total. The van der Waals surface area contributed by atoms with Crippen LogP contribution in [0.5, 0.6) is 5.75 Å². The van der Waals surface area contributed by atoms with Crippen molar-refractivity contribution < 1.29 is 23.8 Å². The maximum atomic E-state index is 13.4. The number of hydrogen-bond donors (Lipinski definition) is 1. The molecule has 158 valence electrons. The Labute approximate surface area is 175 Å². The summed E-state index contributed by atoms with van der Waals surface area (Å²) in [6.07, 6.45) is 1.52. The SMILES string of the molecule is CCCOc1ccc(/C(O)=C2/C(=O)C(=O)N(CCC)C2c2ccc(F)cc2)cc1C. The molecule has 1 saturated heterocycles. The van der Waals surface area contributed by atoms with Crippen LogP contribution in [0.15, 0.2) is 48.0 Å². The van der Waals surface area contributed by atoms with Crippen LogP contribution in [-0.2, 0) is 9.59 Å². The number of hydrogen-bond acceptors (Lipinski definition) is 4. The van der Waals surface area contributed by atoms with Crippen molar-refractivity contribution in [2.24, 2.45) is 0 Å². The van der Waals surface area contributed by atoms with Crippen LogP contribution < -0.4 is 4.74 Å². The van der Waals surface area contributed by atoms with E-state index < -0.39 is 23.5 Å². The Hall–Kier alpha value is -3.15. The molecule has 1 unspecified atom stereocenters. The molecule has 2 aromatic rings. The number of Topliss-reactive ketones (excluding diaryl/α,β-unsaturated/α-hetero) is 1. The van der Waals surface area contributed by atoms with Crippen LogP contribution in [0.3, 0.4) is 0 Å². The molecule has 0 aliphatic carbocycles. The van der Waals surface area contributed by atoms with Gasteiger partial charge in [-0.25, -0.2) is 4.39 Å². The summed E-state index contributed by atoms with van der Waals surface area (Å²) in [5.41, 5.74) is 1.83. The monoisotopic (exact) mass is 411 g/mol. The first-order chi connectivity index (χ1) is 14.4. The van der Waals surface area contributed by atoms with Crippen LogP contribution in [0.25, 0.3) is 5.76 Å². The summed E-state index contributed by atoms with van der Waals surface area (Å²) in [6.45, 7) is 6.71. The van der Waals surface area contributed by atoms with E-state index >= 15 is 0 Å². The minimum atomic E-state index is -0.762. The van der Waals surface area contributed by atoms with Crippen molar-refractivity contribution in [3.8, 4) is 5.75 Å². The number of carbonyl (C=O) groups is 2. The van der Waals surface area contributed by atoms with E-state index in [-0.39, 0.29) is 11.3 Å². The van der Waals surface area contributed by atoms with Crippen molar-refractivity contribution in [3.63, 3.8) is 0 Å². The van der Waals surface area contributed by atoms with Crippen LogP contribution in [0.4, 0.5) is 4.39 Å². The quantitative estimate of drug-likeness (QED) is 0.405. The maximum Gasteiger partial charge on any atom is 0.295 e. The molecule has 1 heterocycles. The second-order valence-electron chi connectivity index (χ2n) is 7.37. The molecule has 0 spiro atoms. The van der Waals surface area contributed by atoms with Crippen LogP contribution in [0.2, 0.25) is 0 Å². The van der Waals surface area contributed by atoms with Gasteiger partial charge in [-0.3, -0.25) is 9.59 Å². The number of amides is 1. The number of likely N-dealkylation sites (tertiary alicyclic amines) is 1. The number of ketones is 1. The fourth-order valence-electron chi connectivity index (χ4n) is 3.67. The Balaban J connectivity index is 2.10. The standard InChI is InChI=1S/C24H26FNO4/c1-4-12-26-21(16-6-9-18(25)10-7-16)20(23(28)24(26)29)22(27)17-8-11-19(15(3)14-17)30-13-5-2/h6-11,14,21,27H,4-5,12-13H2,1-3H3/b22-20-. The second-order valence-corrected chi connectivity index (χ2v) is 7.37. The van der Waals surface area contributed by atoms with Gasteiger partial charge in [0, 0.05) is 12.1 Å². The van der Waals surface area contributed by atoms with Crippen LogP contribution in [-0.4, -0.2) is 34.8 Å². The van der Waals surface area contributed by atoms with Crippen LogP contribution >= 0.6 is 0 Å². The highest BCUT2D eigenvalue weighted by Gasteiger charge is 2.45. The van der Waals surface area contributed by atoms with Crippen molar-refractivity contribution in [2.45, 2.75) is 39.7 Å². The fraction of sp³-hybridized carbons (Fsp3) is 0.333. The van der Waals surface area contributed by atoms with E-state index in [1.165, 1.54) is 29.2 Å². The van der Waals surface area contributed by atoms with Crippen LogP contribution in [0.1, 0.15) is 49.4 Å². The normalized spacial score (nSPS) is 18.1. The first-order valence-electron chi connectivity index (χ1n) is 10.2. The Morgan fingerprint density at radius 1 is 1.10 bits per heavy atom. The van der Waals surface area contributed by atoms with Gasteiger partial charge < -0.3 is 14.7 Å². The summed E-state index contributed by atoms with van der Waals surface area (Å²) in [6, 6.07) is 10.0. The van der Waals surface area contributed by atoms with Crippen molar-refractivity contribution in [2.75, 3.05) is 13.2 Å². The average molecular weight is 411 g/mol. The molecule has 6 heteroatoms. The summed E-state index contributed by atoms with van der Waals surface area (Å²) in [4.78, 5) is 26.9. The molecule has 1 aliphatic rings.